The molecule has 2 aromatic heterocycles. The van der Waals surface area contributed by atoms with Crippen LogP contribution in [-0.2, 0) is 13.0 Å². The van der Waals surface area contributed by atoms with Gasteiger partial charge >= 0.3 is 6.18 Å². The minimum absolute atomic E-state index is 0.0645. The van der Waals surface area contributed by atoms with Crippen molar-refractivity contribution in [3.05, 3.63) is 59.5 Å². The number of hydrogen-bond acceptors (Lipinski definition) is 4. The van der Waals surface area contributed by atoms with E-state index >= 15 is 0 Å². The third-order valence-corrected chi connectivity index (χ3v) is 4.89. The number of anilines is 1. The van der Waals surface area contributed by atoms with Gasteiger partial charge in [-0.25, -0.2) is 4.68 Å². The van der Waals surface area contributed by atoms with Crippen molar-refractivity contribution in [2.75, 3.05) is 11.4 Å². The monoisotopic (exact) mass is 404 g/mol. The molecule has 1 aliphatic heterocycles. The fourth-order valence-electron chi connectivity index (χ4n) is 3.46. The van der Waals surface area contributed by atoms with Gasteiger partial charge in [-0.3, -0.25) is 14.4 Å². The fraction of sp³-hybridized carbons (Fsp3) is 0.368. The van der Waals surface area contributed by atoms with Crippen LogP contribution in [0.25, 0.3) is 0 Å². The number of hydrogen-bond donors (Lipinski definition) is 0. The zero-order valence-electron chi connectivity index (χ0n) is 15.7. The second-order valence-electron chi connectivity index (χ2n) is 6.99. The molecule has 0 fully saturated rings. The Kier molecular flexibility index (Phi) is 4.85. The van der Waals surface area contributed by atoms with Crippen molar-refractivity contribution in [1.29, 1.82) is 0 Å². The topological polar surface area (TPSA) is 68.8 Å². The van der Waals surface area contributed by atoms with Crippen LogP contribution >= 0.6 is 0 Å². The summed E-state index contributed by atoms with van der Waals surface area (Å²) in [4.78, 5) is 14.2. The van der Waals surface area contributed by atoms with Crippen LogP contribution in [0.2, 0.25) is 0 Å². The van der Waals surface area contributed by atoms with Gasteiger partial charge in [-0.15, -0.1) is 5.10 Å². The first-order chi connectivity index (χ1) is 13.8. The van der Waals surface area contributed by atoms with Crippen molar-refractivity contribution < 1.29 is 18.0 Å². The van der Waals surface area contributed by atoms with Gasteiger partial charge in [0.25, 0.3) is 5.91 Å². The lowest BCUT2D eigenvalue weighted by Gasteiger charge is -2.33. The molecule has 1 aliphatic rings. The third kappa shape index (κ3) is 3.87. The van der Waals surface area contributed by atoms with Crippen molar-refractivity contribution in [3.63, 3.8) is 0 Å². The van der Waals surface area contributed by atoms with Crippen molar-refractivity contribution >= 4 is 11.7 Å². The summed E-state index contributed by atoms with van der Waals surface area (Å²) >= 11 is 0. The van der Waals surface area contributed by atoms with Gasteiger partial charge in [0.05, 0.1) is 11.9 Å². The largest absolute Gasteiger partial charge is 0.410 e. The van der Waals surface area contributed by atoms with Crippen LogP contribution in [0.1, 0.15) is 34.2 Å². The van der Waals surface area contributed by atoms with Crippen LogP contribution in [0.4, 0.5) is 19.0 Å². The van der Waals surface area contributed by atoms with Gasteiger partial charge in [0, 0.05) is 19.2 Å². The molecule has 0 aliphatic carbocycles. The van der Waals surface area contributed by atoms with Crippen LogP contribution in [0, 0.1) is 6.92 Å². The van der Waals surface area contributed by atoms with Crippen molar-refractivity contribution in [2.45, 2.75) is 38.5 Å². The van der Waals surface area contributed by atoms with E-state index in [1.54, 1.807) is 11.6 Å². The minimum Gasteiger partial charge on any atom is -0.291 e. The second-order valence-corrected chi connectivity index (χ2v) is 6.99. The highest BCUT2D eigenvalue weighted by Gasteiger charge is 2.46. The highest BCUT2D eigenvalue weighted by molar-refractivity contribution is 6.04. The number of carbonyl (C=O) groups excluding carboxylic acids is 1. The van der Waals surface area contributed by atoms with Gasteiger partial charge in [-0.05, 0) is 25.3 Å². The minimum atomic E-state index is -4.43. The van der Waals surface area contributed by atoms with Crippen molar-refractivity contribution in [1.82, 2.24) is 24.8 Å². The molecule has 4 rings (SSSR count). The number of alkyl halides is 3. The maximum atomic E-state index is 13.3. The highest BCUT2D eigenvalue weighted by atomic mass is 19.4. The third-order valence-electron chi connectivity index (χ3n) is 4.89. The Bertz CT molecular complexity index is 1010. The van der Waals surface area contributed by atoms with Gasteiger partial charge < -0.3 is 0 Å². The molecule has 3 aromatic rings. The number of halogens is 3. The van der Waals surface area contributed by atoms with E-state index in [9.17, 15) is 18.0 Å². The fourth-order valence-corrected chi connectivity index (χ4v) is 3.46. The number of fused-ring (bicyclic) bond motifs is 1. The smallest absolute Gasteiger partial charge is 0.291 e. The molecule has 1 aromatic carbocycles. The Labute approximate surface area is 164 Å². The van der Waals surface area contributed by atoms with E-state index in [0.717, 1.165) is 16.7 Å². The SMILES string of the molecule is Cc1cc2n(n1)C(C(F)(F)F)CCN2C(=O)c1cn(CCc2ccccc2)nn1. The molecule has 0 saturated carbocycles. The van der Waals surface area contributed by atoms with E-state index in [2.05, 4.69) is 15.4 Å². The Morgan fingerprint density at radius 3 is 2.72 bits per heavy atom. The summed E-state index contributed by atoms with van der Waals surface area (Å²) in [5.74, 6) is -0.363. The Morgan fingerprint density at radius 2 is 2.00 bits per heavy atom. The highest BCUT2D eigenvalue weighted by Crippen LogP contribution is 2.39. The van der Waals surface area contributed by atoms with Crippen LogP contribution in [0.5, 0.6) is 0 Å². The number of aryl methyl sites for hydroxylation is 3. The molecule has 29 heavy (non-hydrogen) atoms. The number of carbonyl (C=O) groups is 1. The number of aromatic nitrogens is 5. The van der Waals surface area contributed by atoms with E-state index in [-0.39, 0.29) is 24.5 Å². The summed E-state index contributed by atoms with van der Waals surface area (Å²) in [6, 6.07) is 9.56. The van der Waals surface area contributed by atoms with Crippen LogP contribution in [0.15, 0.2) is 42.6 Å². The lowest BCUT2D eigenvalue weighted by Crippen LogP contribution is -2.43. The van der Waals surface area contributed by atoms with Gasteiger partial charge in [0.15, 0.2) is 11.7 Å². The molecule has 0 spiro atoms. The molecular formula is C19H19F3N6O. The molecule has 10 heteroatoms. The molecule has 152 valence electrons. The van der Waals surface area contributed by atoms with E-state index < -0.39 is 18.1 Å². The molecule has 0 saturated heterocycles. The van der Waals surface area contributed by atoms with Crippen molar-refractivity contribution in [2.24, 2.45) is 0 Å². The summed E-state index contributed by atoms with van der Waals surface area (Å²) in [7, 11) is 0. The van der Waals surface area contributed by atoms with Gasteiger partial charge in [0.1, 0.15) is 5.82 Å². The Morgan fingerprint density at radius 1 is 1.24 bits per heavy atom. The molecule has 0 radical (unpaired) electrons. The van der Waals surface area contributed by atoms with Gasteiger partial charge in [-0.1, -0.05) is 35.5 Å². The molecule has 1 unspecified atom stereocenters. The lowest BCUT2D eigenvalue weighted by atomic mass is 10.1. The second kappa shape index (κ2) is 7.34. The van der Waals surface area contributed by atoms with E-state index in [1.165, 1.54) is 17.2 Å². The lowest BCUT2D eigenvalue weighted by molar-refractivity contribution is -0.172. The van der Waals surface area contributed by atoms with Gasteiger partial charge in [-0.2, -0.15) is 18.3 Å². The molecular weight excluding hydrogens is 385 g/mol. The average Bonchev–Trinajstić information content (AvgIpc) is 3.31. The van der Waals surface area contributed by atoms with Crippen LogP contribution in [-0.4, -0.2) is 43.4 Å². The number of benzene rings is 1. The Balaban J connectivity index is 1.52. The maximum absolute atomic E-state index is 13.3. The first kappa shape index (κ1) is 19.2. The first-order valence-corrected chi connectivity index (χ1v) is 9.22. The summed E-state index contributed by atoms with van der Waals surface area (Å²) in [6.45, 7) is 2.07. The van der Waals surface area contributed by atoms with E-state index in [1.807, 2.05) is 30.3 Å². The standard InChI is InChI=1S/C19H19F3N6O/c1-13-11-17-27(10-8-16(19(20,21)22)28(17)24-13)18(29)15-12-26(25-23-15)9-7-14-5-3-2-4-6-14/h2-6,11-12,16H,7-10H2,1H3. The van der Waals surface area contributed by atoms with Crippen molar-refractivity contribution in [3.8, 4) is 0 Å². The predicted molar refractivity (Wildman–Crippen MR) is 98.5 cm³/mol. The summed E-state index contributed by atoms with van der Waals surface area (Å²) in [6.07, 6.45) is -2.44. The maximum Gasteiger partial charge on any atom is 0.410 e. The summed E-state index contributed by atoms with van der Waals surface area (Å²) in [5.41, 5.74) is 1.64. The van der Waals surface area contributed by atoms with Crippen LogP contribution < -0.4 is 4.90 Å². The van der Waals surface area contributed by atoms with Crippen LogP contribution in [0.3, 0.4) is 0 Å². The number of rotatable bonds is 4. The normalized spacial score (nSPS) is 16.7. The zero-order valence-corrected chi connectivity index (χ0v) is 15.7. The summed E-state index contributed by atoms with van der Waals surface area (Å²) < 4.78 is 42.4. The molecule has 1 atom stereocenters. The number of amides is 1. The molecule has 3 heterocycles. The average molecular weight is 404 g/mol. The van der Waals surface area contributed by atoms with Gasteiger partial charge in [0.2, 0.25) is 0 Å². The summed E-state index contributed by atoms with van der Waals surface area (Å²) in [5, 5.41) is 11.9. The number of nitrogens with zero attached hydrogens (tertiary/aromatic N) is 6. The quantitative estimate of drug-likeness (QED) is 0.670. The van der Waals surface area contributed by atoms with E-state index in [4.69, 9.17) is 0 Å². The molecule has 1 amide bonds. The molecule has 0 bridgehead atoms. The molecule has 0 N–H and O–H groups in total. The predicted octanol–water partition coefficient (Wildman–Crippen LogP) is 3.18. The van der Waals surface area contributed by atoms with E-state index in [0.29, 0.717) is 12.2 Å². The Hall–Kier alpha value is -3.17. The molecule has 7 nitrogen and oxygen atoms in total. The first-order valence-electron chi connectivity index (χ1n) is 9.22. The zero-order chi connectivity index (χ0) is 20.6.